The third-order valence-electron chi connectivity index (χ3n) is 4.91. The van der Waals surface area contributed by atoms with Crippen molar-refractivity contribution in [1.82, 2.24) is 10.2 Å². The van der Waals surface area contributed by atoms with Crippen molar-refractivity contribution in [3.63, 3.8) is 0 Å². The summed E-state index contributed by atoms with van der Waals surface area (Å²) >= 11 is 0. The van der Waals surface area contributed by atoms with Crippen molar-refractivity contribution in [3.8, 4) is 0 Å². The highest BCUT2D eigenvalue weighted by Crippen LogP contribution is 2.17. The van der Waals surface area contributed by atoms with E-state index >= 15 is 0 Å². The molecular weight excluding hydrogens is 428 g/mol. The van der Waals surface area contributed by atoms with Crippen molar-refractivity contribution in [2.45, 2.75) is 12.5 Å². The molecule has 0 bridgehead atoms. The van der Waals surface area contributed by atoms with Gasteiger partial charge in [-0.2, -0.15) is 0 Å². The molecule has 11 nitrogen and oxygen atoms in total. The van der Waals surface area contributed by atoms with E-state index in [1.807, 2.05) is 0 Å². The van der Waals surface area contributed by atoms with Crippen LogP contribution in [-0.2, 0) is 16.0 Å². The fraction of sp³-hybridized carbons (Fsp3) is 0.273. The number of benzene rings is 2. The first-order valence-electron chi connectivity index (χ1n) is 10.3. The van der Waals surface area contributed by atoms with E-state index < -0.39 is 18.0 Å². The molecule has 0 aliphatic carbocycles. The standard InChI is InChI=1S/C22H26N6O5/c23-21(24)26-17-3-1-2-15(13-17)19(29)25-16-6-4-14(5-7-16)12-18(20(30)31)27-22(32)28-8-10-33-11-9-28/h1-7,13,18H,8-12H2,(H,25,29)(H,27,32)(H,30,31)(H4,23,24,26)/t18-/m0/s1. The lowest BCUT2D eigenvalue weighted by Crippen LogP contribution is -2.51. The molecule has 11 heteroatoms. The smallest absolute Gasteiger partial charge is 0.326 e. The number of hydrogen-bond acceptors (Lipinski definition) is 5. The Kier molecular flexibility index (Phi) is 7.82. The molecule has 1 saturated heterocycles. The van der Waals surface area contributed by atoms with Crippen molar-refractivity contribution >= 4 is 35.2 Å². The van der Waals surface area contributed by atoms with E-state index in [0.717, 1.165) is 0 Å². The van der Waals surface area contributed by atoms with Crippen LogP contribution in [0, 0.1) is 0 Å². The largest absolute Gasteiger partial charge is 0.480 e. The van der Waals surface area contributed by atoms with Crippen LogP contribution in [0.2, 0.25) is 0 Å². The second-order valence-electron chi connectivity index (χ2n) is 7.38. The summed E-state index contributed by atoms with van der Waals surface area (Å²) in [5, 5.41) is 14.8. The fourth-order valence-electron chi connectivity index (χ4n) is 3.24. The molecule has 1 aliphatic rings. The maximum Gasteiger partial charge on any atom is 0.326 e. The number of nitrogens with one attached hydrogen (secondary N) is 2. The van der Waals surface area contributed by atoms with Gasteiger partial charge in [0.25, 0.3) is 5.91 Å². The van der Waals surface area contributed by atoms with Gasteiger partial charge in [-0.25, -0.2) is 14.6 Å². The number of carboxylic acid groups (broad SMARTS) is 1. The van der Waals surface area contributed by atoms with Crippen molar-refractivity contribution < 1.29 is 24.2 Å². The molecule has 33 heavy (non-hydrogen) atoms. The number of carboxylic acids is 1. The van der Waals surface area contributed by atoms with Crippen LogP contribution in [0.1, 0.15) is 15.9 Å². The molecule has 7 N–H and O–H groups in total. The zero-order valence-electron chi connectivity index (χ0n) is 17.9. The monoisotopic (exact) mass is 454 g/mol. The predicted octanol–water partition coefficient (Wildman–Crippen LogP) is 0.881. The normalized spacial score (nSPS) is 14.1. The number of urea groups is 1. The highest BCUT2D eigenvalue weighted by molar-refractivity contribution is 6.04. The number of aliphatic imine (C=N–C) groups is 1. The number of aliphatic carboxylic acids is 1. The number of anilines is 1. The van der Waals surface area contributed by atoms with Crippen molar-refractivity contribution in [2.75, 3.05) is 31.6 Å². The first-order chi connectivity index (χ1) is 15.8. The third kappa shape index (κ3) is 6.94. The number of rotatable bonds is 7. The molecule has 1 heterocycles. The van der Waals surface area contributed by atoms with Gasteiger partial charge >= 0.3 is 12.0 Å². The molecular formula is C22H26N6O5. The highest BCUT2D eigenvalue weighted by atomic mass is 16.5. The fourth-order valence-corrected chi connectivity index (χ4v) is 3.24. The molecule has 0 saturated carbocycles. The summed E-state index contributed by atoms with van der Waals surface area (Å²) in [4.78, 5) is 41.9. The van der Waals surface area contributed by atoms with Crippen LogP contribution in [0.3, 0.4) is 0 Å². The summed E-state index contributed by atoms with van der Waals surface area (Å²) in [5.74, 6) is -1.59. The second kappa shape index (κ2) is 11.0. The SMILES string of the molecule is NC(N)=Nc1cccc(C(=O)Nc2ccc(C[C@H](NC(=O)N3CCOCC3)C(=O)O)cc2)c1. The Balaban J connectivity index is 1.60. The lowest BCUT2D eigenvalue weighted by molar-refractivity contribution is -0.139. The first-order valence-corrected chi connectivity index (χ1v) is 10.3. The van der Waals surface area contributed by atoms with Gasteiger partial charge in [-0.1, -0.05) is 18.2 Å². The van der Waals surface area contributed by atoms with Crippen LogP contribution < -0.4 is 22.1 Å². The Bertz CT molecular complexity index is 1030. The first kappa shape index (κ1) is 23.5. The predicted molar refractivity (Wildman–Crippen MR) is 122 cm³/mol. The van der Waals surface area contributed by atoms with Gasteiger partial charge < -0.3 is 36.8 Å². The molecule has 1 aliphatic heterocycles. The Morgan fingerprint density at radius 2 is 1.79 bits per heavy atom. The number of carbonyl (C=O) groups is 3. The van der Waals surface area contributed by atoms with E-state index in [9.17, 15) is 19.5 Å². The van der Waals surface area contributed by atoms with Crippen molar-refractivity contribution in [2.24, 2.45) is 16.5 Å². The third-order valence-corrected chi connectivity index (χ3v) is 4.91. The van der Waals surface area contributed by atoms with Crippen LogP contribution in [0.5, 0.6) is 0 Å². The zero-order chi connectivity index (χ0) is 23.8. The molecule has 0 unspecified atom stereocenters. The lowest BCUT2D eigenvalue weighted by atomic mass is 10.1. The molecule has 2 aromatic rings. The quantitative estimate of drug-likeness (QED) is 0.305. The number of hydrogen-bond donors (Lipinski definition) is 5. The average Bonchev–Trinajstić information content (AvgIpc) is 2.80. The number of nitrogens with zero attached hydrogens (tertiary/aromatic N) is 2. The zero-order valence-corrected chi connectivity index (χ0v) is 17.9. The van der Waals surface area contributed by atoms with Gasteiger partial charge in [0.1, 0.15) is 6.04 Å². The molecule has 0 radical (unpaired) electrons. The van der Waals surface area contributed by atoms with E-state index in [-0.39, 0.29) is 18.3 Å². The van der Waals surface area contributed by atoms with E-state index in [1.165, 1.54) is 4.90 Å². The number of carbonyl (C=O) groups excluding carboxylic acids is 2. The molecule has 1 atom stereocenters. The van der Waals surface area contributed by atoms with Gasteiger partial charge in [-0.05, 0) is 35.9 Å². The van der Waals surface area contributed by atoms with Gasteiger partial charge in [0.15, 0.2) is 5.96 Å². The summed E-state index contributed by atoms with van der Waals surface area (Å²) < 4.78 is 5.20. The van der Waals surface area contributed by atoms with Gasteiger partial charge in [0, 0.05) is 30.8 Å². The molecule has 3 rings (SSSR count). The van der Waals surface area contributed by atoms with E-state index in [4.69, 9.17) is 16.2 Å². The number of ether oxygens (including phenoxy) is 1. The summed E-state index contributed by atoms with van der Waals surface area (Å²) in [6.07, 6.45) is 0.0974. The van der Waals surface area contributed by atoms with E-state index in [0.29, 0.717) is 48.8 Å². The van der Waals surface area contributed by atoms with Crippen LogP contribution >= 0.6 is 0 Å². The summed E-state index contributed by atoms with van der Waals surface area (Å²) in [5.41, 5.74) is 12.8. The van der Waals surface area contributed by atoms with Gasteiger partial charge in [0.2, 0.25) is 0 Å². The topological polar surface area (TPSA) is 172 Å². The van der Waals surface area contributed by atoms with E-state index in [2.05, 4.69) is 15.6 Å². The van der Waals surface area contributed by atoms with Crippen LogP contribution in [0.4, 0.5) is 16.2 Å². The van der Waals surface area contributed by atoms with Crippen LogP contribution in [0.25, 0.3) is 0 Å². The number of morpholine rings is 1. The Hall–Kier alpha value is -4.12. The Morgan fingerprint density at radius 3 is 2.42 bits per heavy atom. The average molecular weight is 454 g/mol. The number of guanidine groups is 1. The molecule has 1 fully saturated rings. The number of amides is 3. The lowest BCUT2D eigenvalue weighted by Gasteiger charge is -2.28. The molecule has 2 aromatic carbocycles. The summed E-state index contributed by atoms with van der Waals surface area (Å²) in [7, 11) is 0. The molecule has 3 amide bonds. The van der Waals surface area contributed by atoms with Gasteiger partial charge in [0.05, 0.1) is 18.9 Å². The Labute approximate surface area is 190 Å². The van der Waals surface area contributed by atoms with E-state index in [1.54, 1.807) is 48.5 Å². The maximum atomic E-state index is 12.5. The van der Waals surface area contributed by atoms with Gasteiger partial charge in [-0.15, -0.1) is 0 Å². The minimum absolute atomic E-state index is 0.0974. The second-order valence-corrected chi connectivity index (χ2v) is 7.38. The molecule has 0 spiro atoms. The minimum Gasteiger partial charge on any atom is -0.480 e. The summed E-state index contributed by atoms with van der Waals surface area (Å²) in [6, 6.07) is 11.7. The molecule has 174 valence electrons. The minimum atomic E-state index is -1.13. The maximum absolute atomic E-state index is 12.5. The highest BCUT2D eigenvalue weighted by Gasteiger charge is 2.24. The number of nitrogens with two attached hydrogens (primary N) is 2. The Morgan fingerprint density at radius 1 is 1.09 bits per heavy atom. The summed E-state index contributed by atoms with van der Waals surface area (Å²) in [6.45, 7) is 1.69. The van der Waals surface area contributed by atoms with Crippen molar-refractivity contribution in [3.05, 3.63) is 59.7 Å². The van der Waals surface area contributed by atoms with Crippen molar-refractivity contribution in [1.29, 1.82) is 0 Å². The molecule has 0 aromatic heterocycles. The van der Waals surface area contributed by atoms with Crippen LogP contribution in [-0.4, -0.2) is 66.2 Å². The van der Waals surface area contributed by atoms with Gasteiger partial charge in [-0.3, -0.25) is 4.79 Å². The van der Waals surface area contributed by atoms with Crippen LogP contribution in [0.15, 0.2) is 53.5 Å².